The summed E-state index contributed by atoms with van der Waals surface area (Å²) in [5.74, 6) is -0.942. The third-order valence-corrected chi connectivity index (χ3v) is 6.66. The maximum Gasteiger partial charge on any atom is 0.309 e. The molecule has 1 aliphatic heterocycles. The van der Waals surface area contributed by atoms with Crippen LogP contribution in [-0.2, 0) is 16.1 Å². The van der Waals surface area contributed by atoms with Gasteiger partial charge in [0.25, 0.3) is 5.56 Å². The highest BCUT2D eigenvalue weighted by Gasteiger charge is 2.34. The van der Waals surface area contributed by atoms with Gasteiger partial charge in [-0.1, -0.05) is 42.5 Å². The molecule has 0 radical (unpaired) electrons. The zero-order chi connectivity index (χ0) is 24.9. The van der Waals surface area contributed by atoms with Gasteiger partial charge in [-0.2, -0.15) is 0 Å². The molecule has 0 spiro atoms. The van der Waals surface area contributed by atoms with E-state index in [2.05, 4.69) is 0 Å². The van der Waals surface area contributed by atoms with Crippen LogP contribution in [0.1, 0.15) is 48.2 Å². The maximum absolute atomic E-state index is 14.3. The van der Waals surface area contributed by atoms with Gasteiger partial charge in [0.05, 0.1) is 30.7 Å². The summed E-state index contributed by atoms with van der Waals surface area (Å²) >= 11 is 0. The molecule has 1 saturated heterocycles. The third-order valence-electron chi connectivity index (χ3n) is 6.66. The molecule has 1 N–H and O–H groups in total. The number of ether oxygens (including phenoxy) is 1. The summed E-state index contributed by atoms with van der Waals surface area (Å²) in [5, 5.41) is 11.0. The number of benzene rings is 2. The van der Waals surface area contributed by atoms with E-state index in [9.17, 15) is 19.1 Å². The van der Waals surface area contributed by atoms with E-state index in [1.165, 1.54) is 12.1 Å². The first-order valence-corrected chi connectivity index (χ1v) is 12.0. The molecule has 35 heavy (non-hydrogen) atoms. The fourth-order valence-corrected chi connectivity index (χ4v) is 4.88. The number of aromatic nitrogens is 1. The molecule has 3 aromatic rings. The van der Waals surface area contributed by atoms with Crippen LogP contribution in [-0.4, -0.2) is 40.2 Å². The quantitative estimate of drug-likeness (QED) is 0.509. The molecular formula is C28H31FN2O4. The smallest absolute Gasteiger partial charge is 0.309 e. The van der Waals surface area contributed by atoms with Crippen molar-refractivity contribution >= 4 is 5.97 Å². The normalized spacial score (nSPS) is 15.6. The minimum Gasteiger partial charge on any atom is -0.507 e. The van der Waals surface area contributed by atoms with Gasteiger partial charge < -0.3 is 14.4 Å². The number of halogens is 1. The molecule has 0 unspecified atom stereocenters. The Morgan fingerprint density at radius 3 is 2.49 bits per heavy atom. The molecule has 0 amide bonds. The highest BCUT2D eigenvalue weighted by molar-refractivity contribution is 5.72. The molecule has 0 saturated carbocycles. The standard InChI is InChI=1S/C28H31FN2O4/c1-3-35-28(34)21-12-14-30(15-13-21)26(22-10-7-11-23(29)17-22)25-24(32)16-19(2)31(27(25)33)18-20-8-5-4-6-9-20/h4-11,16-17,21,26,32H,3,12-15,18H2,1-2H3/t26-/m1/s1. The lowest BCUT2D eigenvalue weighted by Crippen LogP contribution is -2.42. The highest BCUT2D eigenvalue weighted by Crippen LogP contribution is 2.35. The first-order valence-electron chi connectivity index (χ1n) is 12.0. The fourth-order valence-electron chi connectivity index (χ4n) is 4.88. The highest BCUT2D eigenvalue weighted by atomic mass is 19.1. The fraction of sp³-hybridized carbons (Fsp3) is 0.357. The van der Waals surface area contributed by atoms with Gasteiger partial charge in [0, 0.05) is 5.69 Å². The molecule has 1 aromatic heterocycles. The maximum atomic E-state index is 14.3. The van der Waals surface area contributed by atoms with Gasteiger partial charge >= 0.3 is 5.97 Å². The lowest BCUT2D eigenvalue weighted by Gasteiger charge is -2.37. The Morgan fingerprint density at radius 1 is 1.11 bits per heavy atom. The summed E-state index contributed by atoms with van der Waals surface area (Å²) in [6.07, 6.45) is 1.13. The van der Waals surface area contributed by atoms with E-state index in [1.54, 1.807) is 36.6 Å². The van der Waals surface area contributed by atoms with Crippen molar-refractivity contribution in [2.24, 2.45) is 5.92 Å². The number of pyridine rings is 1. The number of carbonyl (C=O) groups is 1. The predicted octanol–water partition coefficient (Wildman–Crippen LogP) is 4.41. The van der Waals surface area contributed by atoms with Crippen LogP contribution in [0.4, 0.5) is 4.39 Å². The number of aromatic hydroxyl groups is 1. The van der Waals surface area contributed by atoms with Crippen LogP contribution in [0, 0.1) is 18.7 Å². The van der Waals surface area contributed by atoms with Gasteiger partial charge in [-0.15, -0.1) is 0 Å². The average Bonchev–Trinajstić information content (AvgIpc) is 2.85. The summed E-state index contributed by atoms with van der Waals surface area (Å²) < 4.78 is 21.1. The molecule has 6 nitrogen and oxygen atoms in total. The largest absolute Gasteiger partial charge is 0.507 e. The van der Waals surface area contributed by atoms with E-state index in [-0.39, 0.29) is 28.8 Å². The second-order valence-corrected chi connectivity index (χ2v) is 8.98. The van der Waals surface area contributed by atoms with Gasteiger partial charge in [-0.3, -0.25) is 14.5 Å². The summed E-state index contributed by atoms with van der Waals surface area (Å²) in [5.41, 5.74) is 2.09. The van der Waals surface area contributed by atoms with Crippen molar-refractivity contribution in [3.63, 3.8) is 0 Å². The Kier molecular flexibility index (Phi) is 7.66. The number of carbonyl (C=O) groups excluding carboxylic acids is 1. The third kappa shape index (κ3) is 5.46. The van der Waals surface area contributed by atoms with Crippen LogP contribution in [0.25, 0.3) is 0 Å². The zero-order valence-electron chi connectivity index (χ0n) is 20.1. The number of likely N-dealkylation sites (tertiary alicyclic amines) is 1. The molecule has 1 atom stereocenters. The van der Waals surface area contributed by atoms with Crippen LogP contribution in [0.3, 0.4) is 0 Å². The molecule has 1 aliphatic rings. The first kappa shape index (κ1) is 24.7. The topological polar surface area (TPSA) is 71.8 Å². The lowest BCUT2D eigenvalue weighted by atomic mass is 9.91. The van der Waals surface area contributed by atoms with Crippen molar-refractivity contribution in [3.8, 4) is 5.75 Å². The molecule has 0 bridgehead atoms. The van der Waals surface area contributed by atoms with Crippen molar-refractivity contribution in [1.29, 1.82) is 0 Å². The summed E-state index contributed by atoms with van der Waals surface area (Å²) in [7, 11) is 0. The van der Waals surface area contributed by atoms with E-state index < -0.39 is 11.9 Å². The first-order chi connectivity index (χ1) is 16.9. The summed E-state index contributed by atoms with van der Waals surface area (Å²) in [4.78, 5) is 28.1. The molecule has 7 heteroatoms. The Morgan fingerprint density at radius 2 is 1.83 bits per heavy atom. The van der Waals surface area contributed by atoms with Gasteiger partial charge in [0.15, 0.2) is 0 Å². The van der Waals surface area contributed by atoms with E-state index in [0.717, 1.165) is 5.56 Å². The molecule has 184 valence electrons. The predicted molar refractivity (Wildman–Crippen MR) is 132 cm³/mol. The second kappa shape index (κ2) is 10.9. The number of aryl methyl sites for hydroxylation is 1. The number of nitrogens with zero attached hydrogens (tertiary/aromatic N) is 2. The van der Waals surface area contributed by atoms with Gasteiger partial charge in [-0.25, -0.2) is 4.39 Å². The van der Waals surface area contributed by atoms with Crippen LogP contribution in [0.2, 0.25) is 0 Å². The Balaban J connectivity index is 1.75. The van der Waals surface area contributed by atoms with Crippen molar-refractivity contribution in [2.45, 2.75) is 39.3 Å². The molecule has 1 fully saturated rings. The van der Waals surface area contributed by atoms with Crippen LogP contribution in [0.15, 0.2) is 65.5 Å². The summed E-state index contributed by atoms with van der Waals surface area (Å²) in [6, 6.07) is 16.7. The molecule has 2 aromatic carbocycles. The van der Waals surface area contributed by atoms with Crippen LogP contribution >= 0.6 is 0 Å². The van der Waals surface area contributed by atoms with Gasteiger partial charge in [0.1, 0.15) is 11.6 Å². The van der Waals surface area contributed by atoms with Gasteiger partial charge in [0.2, 0.25) is 0 Å². The van der Waals surface area contributed by atoms with Crippen LogP contribution in [0.5, 0.6) is 5.75 Å². The van der Waals surface area contributed by atoms with Crippen molar-refractivity contribution < 1.29 is 19.0 Å². The Labute approximate surface area is 204 Å². The van der Waals surface area contributed by atoms with E-state index in [0.29, 0.717) is 50.3 Å². The van der Waals surface area contributed by atoms with Crippen LogP contribution < -0.4 is 5.56 Å². The molecule has 4 rings (SSSR count). The molecule has 2 heterocycles. The van der Waals surface area contributed by atoms with Crippen molar-refractivity contribution in [3.05, 3.63) is 99.2 Å². The number of hydrogen-bond donors (Lipinski definition) is 1. The van der Waals surface area contributed by atoms with Gasteiger partial charge in [-0.05, 0) is 69.1 Å². The SMILES string of the molecule is CCOC(=O)C1CCN([C@H](c2cccc(F)c2)c2c(O)cc(C)n(Cc3ccccc3)c2=O)CC1. The van der Waals surface area contributed by atoms with Crippen molar-refractivity contribution in [2.75, 3.05) is 19.7 Å². The number of hydrogen-bond acceptors (Lipinski definition) is 5. The zero-order valence-corrected chi connectivity index (χ0v) is 20.1. The minimum absolute atomic E-state index is 0.112. The number of piperidine rings is 1. The molecule has 0 aliphatic carbocycles. The number of rotatable bonds is 7. The second-order valence-electron chi connectivity index (χ2n) is 8.98. The lowest BCUT2D eigenvalue weighted by molar-refractivity contribution is -0.149. The van der Waals surface area contributed by atoms with E-state index in [1.807, 2.05) is 35.2 Å². The average molecular weight is 479 g/mol. The Hall–Kier alpha value is -3.45. The van der Waals surface area contributed by atoms with Crippen molar-refractivity contribution in [1.82, 2.24) is 9.47 Å². The minimum atomic E-state index is -0.649. The van der Waals surface area contributed by atoms with E-state index >= 15 is 0 Å². The van der Waals surface area contributed by atoms with E-state index in [4.69, 9.17) is 4.74 Å². The Bertz CT molecular complexity index is 1230. The monoisotopic (exact) mass is 478 g/mol. The number of esters is 1. The molecular weight excluding hydrogens is 447 g/mol. The summed E-state index contributed by atoms with van der Waals surface area (Å²) in [6.45, 7) is 5.29.